The van der Waals surface area contributed by atoms with Crippen LogP contribution in [-0.2, 0) is 11.2 Å². The van der Waals surface area contributed by atoms with Gasteiger partial charge in [-0.05, 0) is 28.8 Å². The Bertz CT molecular complexity index is 639. The van der Waals surface area contributed by atoms with E-state index in [1.54, 1.807) is 24.3 Å². The van der Waals surface area contributed by atoms with E-state index >= 15 is 0 Å². The van der Waals surface area contributed by atoms with Gasteiger partial charge in [0, 0.05) is 0 Å². The molecule has 21 heavy (non-hydrogen) atoms. The van der Waals surface area contributed by atoms with Gasteiger partial charge in [0.25, 0.3) is 0 Å². The molecule has 0 aliphatic carbocycles. The van der Waals surface area contributed by atoms with E-state index in [9.17, 15) is 18.0 Å². The summed E-state index contributed by atoms with van der Waals surface area (Å²) in [5.41, 5.74) is 6.96. The molecule has 0 saturated carbocycles. The van der Waals surface area contributed by atoms with Crippen molar-refractivity contribution in [2.24, 2.45) is 5.73 Å². The van der Waals surface area contributed by atoms with Gasteiger partial charge in [0.1, 0.15) is 5.75 Å². The van der Waals surface area contributed by atoms with Crippen LogP contribution in [0.15, 0.2) is 48.5 Å². The van der Waals surface area contributed by atoms with Crippen LogP contribution in [0.4, 0.5) is 13.2 Å². The SMILES string of the molecule is NC(=O)Cc1cc(OC(F)(F)F)ccc1-c1ccccc1. The Morgan fingerprint density at radius 1 is 1.10 bits per heavy atom. The number of ether oxygens (including phenoxy) is 1. The van der Waals surface area contributed by atoms with Crippen molar-refractivity contribution < 1.29 is 22.7 Å². The number of nitrogens with two attached hydrogens (primary N) is 1. The Morgan fingerprint density at radius 3 is 2.33 bits per heavy atom. The molecule has 2 N–H and O–H groups in total. The molecule has 0 bridgehead atoms. The Kier molecular flexibility index (Phi) is 4.16. The van der Waals surface area contributed by atoms with Crippen molar-refractivity contribution in [1.82, 2.24) is 0 Å². The summed E-state index contributed by atoms with van der Waals surface area (Å²) in [6.07, 6.45) is -4.95. The number of rotatable bonds is 4. The molecule has 0 atom stereocenters. The molecular weight excluding hydrogens is 283 g/mol. The highest BCUT2D eigenvalue weighted by Gasteiger charge is 2.31. The zero-order valence-electron chi connectivity index (χ0n) is 10.9. The summed E-state index contributed by atoms with van der Waals surface area (Å²) in [7, 11) is 0. The van der Waals surface area contributed by atoms with Crippen LogP contribution in [0.3, 0.4) is 0 Å². The summed E-state index contributed by atoms with van der Waals surface area (Å²) in [5.74, 6) is -1.00. The summed E-state index contributed by atoms with van der Waals surface area (Å²) in [5, 5.41) is 0. The molecule has 0 aliphatic rings. The van der Waals surface area contributed by atoms with Crippen molar-refractivity contribution >= 4 is 5.91 Å². The van der Waals surface area contributed by atoms with Crippen molar-refractivity contribution in [3.8, 4) is 16.9 Å². The minimum Gasteiger partial charge on any atom is -0.406 e. The highest BCUT2D eigenvalue weighted by atomic mass is 19.4. The lowest BCUT2D eigenvalue weighted by Crippen LogP contribution is -2.18. The minimum atomic E-state index is -4.78. The Labute approximate surface area is 119 Å². The summed E-state index contributed by atoms with van der Waals surface area (Å²) in [6, 6.07) is 12.9. The smallest absolute Gasteiger partial charge is 0.406 e. The molecule has 2 aromatic carbocycles. The lowest BCUT2D eigenvalue weighted by molar-refractivity contribution is -0.274. The largest absolute Gasteiger partial charge is 0.573 e. The van der Waals surface area contributed by atoms with Crippen molar-refractivity contribution in [2.75, 3.05) is 0 Å². The van der Waals surface area contributed by atoms with Gasteiger partial charge in [0.15, 0.2) is 0 Å². The van der Waals surface area contributed by atoms with Crippen LogP contribution in [-0.4, -0.2) is 12.3 Å². The second-order valence-corrected chi connectivity index (χ2v) is 4.38. The summed E-state index contributed by atoms with van der Waals surface area (Å²) in [6.45, 7) is 0. The topological polar surface area (TPSA) is 52.3 Å². The molecule has 0 radical (unpaired) electrons. The fourth-order valence-corrected chi connectivity index (χ4v) is 2.00. The first-order valence-electron chi connectivity index (χ1n) is 6.07. The van der Waals surface area contributed by atoms with Gasteiger partial charge in [-0.25, -0.2) is 0 Å². The summed E-state index contributed by atoms with van der Waals surface area (Å²) >= 11 is 0. The molecule has 0 spiro atoms. The molecule has 0 aliphatic heterocycles. The first-order valence-corrected chi connectivity index (χ1v) is 6.07. The van der Waals surface area contributed by atoms with Crippen LogP contribution in [0.5, 0.6) is 5.75 Å². The third-order valence-corrected chi connectivity index (χ3v) is 2.76. The Morgan fingerprint density at radius 2 is 1.76 bits per heavy atom. The number of halogens is 3. The van der Waals surface area contributed by atoms with Gasteiger partial charge in [-0.3, -0.25) is 4.79 Å². The van der Waals surface area contributed by atoms with E-state index in [0.29, 0.717) is 11.1 Å². The molecule has 0 unspecified atom stereocenters. The molecule has 0 fully saturated rings. The van der Waals surface area contributed by atoms with Crippen LogP contribution in [0.2, 0.25) is 0 Å². The molecule has 0 heterocycles. The Balaban J connectivity index is 2.43. The number of primary amides is 1. The number of carbonyl (C=O) groups is 1. The van der Waals surface area contributed by atoms with Crippen LogP contribution in [0, 0.1) is 0 Å². The van der Waals surface area contributed by atoms with E-state index in [4.69, 9.17) is 5.73 Å². The predicted molar refractivity (Wildman–Crippen MR) is 71.5 cm³/mol. The van der Waals surface area contributed by atoms with Gasteiger partial charge >= 0.3 is 6.36 Å². The van der Waals surface area contributed by atoms with E-state index in [0.717, 1.165) is 5.56 Å². The fourth-order valence-electron chi connectivity index (χ4n) is 2.00. The number of benzene rings is 2. The molecule has 110 valence electrons. The lowest BCUT2D eigenvalue weighted by Gasteiger charge is -2.13. The standard InChI is InChI=1S/C15H12F3NO2/c16-15(17,18)21-12-6-7-13(10-4-2-1-3-5-10)11(8-12)9-14(19)20/h1-8H,9H2,(H2,19,20). The molecule has 2 rings (SSSR count). The van der Waals surface area contributed by atoms with Gasteiger partial charge in [0.05, 0.1) is 6.42 Å². The molecule has 3 nitrogen and oxygen atoms in total. The predicted octanol–water partition coefficient (Wildman–Crippen LogP) is 3.28. The van der Waals surface area contributed by atoms with E-state index in [2.05, 4.69) is 4.74 Å². The zero-order chi connectivity index (χ0) is 15.5. The second-order valence-electron chi connectivity index (χ2n) is 4.38. The number of amides is 1. The average Bonchev–Trinajstić information content (AvgIpc) is 2.37. The minimum absolute atomic E-state index is 0.167. The third kappa shape index (κ3) is 4.24. The lowest BCUT2D eigenvalue weighted by atomic mass is 9.97. The van der Waals surface area contributed by atoms with E-state index in [1.165, 1.54) is 18.2 Å². The number of alkyl halides is 3. The van der Waals surface area contributed by atoms with Crippen LogP contribution < -0.4 is 10.5 Å². The molecule has 0 saturated heterocycles. The quantitative estimate of drug-likeness (QED) is 0.941. The maximum atomic E-state index is 12.2. The van der Waals surface area contributed by atoms with Crippen LogP contribution >= 0.6 is 0 Å². The van der Waals surface area contributed by atoms with Crippen LogP contribution in [0.1, 0.15) is 5.56 Å². The van der Waals surface area contributed by atoms with Gasteiger partial charge in [-0.2, -0.15) is 0 Å². The maximum Gasteiger partial charge on any atom is 0.573 e. The summed E-state index contributed by atoms with van der Waals surface area (Å²) in [4.78, 5) is 11.1. The number of hydrogen-bond acceptors (Lipinski definition) is 2. The fraction of sp³-hybridized carbons (Fsp3) is 0.133. The van der Waals surface area contributed by atoms with Crippen molar-refractivity contribution in [1.29, 1.82) is 0 Å². The molecule has 6 heteroatoms. The molecule has 1 amide bonds. The van der Waals surface area contributed by atoms with E-state index in [1.807, 2.05) is 6.07 Å². The first kappa shape index (κ1) is 14.9. The molecular formula is C15H12F3NO2. The van der Waals surface area contributed by atoms with Gasteiger partial charge in [-0.15, -0.1) is 13.2 Å². The van der Waals surface area contributed by atoms with E-state index < -0.39 is 12.3 Å². The number of hydrogen-bond donors (Lipinski definition) is 1. The highest BCUT2D eigenvalue weighted by molar-refractivity contribution is 5.81. The first-order chi connectivity index (χ1) is 9.85. The van der Waals surface area contributed by atoms with E-state index in [-0.39, 0.29) is 12.2 Å². The van der Waals surface area contributed by atoms with Crippen molar-refractivity contribution in [2.45, 2.75) is 12.8 Å². The number of carbonyl (C=O) groups excluding carboxylic acids is 1. The van der Waals surface area contributed by atoms with Gasteiger partial charge in [0.2, 0.25) is 5.91 Å². The zero-order valence-corrected chi connectivity index (χ0v) is 10.9. The normalized spacial score (nSPS) is 11.2. The average molecular weight is 295 g/mol. The maximum absolute atomic E-state index is 12.2. The molecule has 0 aromatic heterocycles. The van der Waals surface area contributed by atoms with Gasteiger partial charge in [-0.1, -0.05) is 36.4 Å². The molecule has 2 aromatic rings. The monoisotopic (exact) mass is 295 g/mol. The third-order valence-electron chi connectivity index (χ3n) is 2.76. The van der Waals surface area contributed by atoms with Crippen molar-refractivity contribution in [3.05, 3.63) is 54.1 Å². The van der Waals surface area contributed by atoms with Crippen molar-refractivity contribution in [3.63, 3.8) is 0 Å². The highest BCUT2D eigenvalue weighted by Crippen LogP contribution is 2.30. The second kappa shape index (κ2) is 5.87. The van der Waals surface area contributed by atoms with Crippen LogP contribution in [0.25, 0.3) is 11.1 Å². The Hall–Kier alpha value is -2.50. The summed E-state index contributed by atoms with van der Waals surface area (Å²) < 4.78 is 40.6. The van der Waals surface area contributed by atoms with Gasteiger partial charge < -0.3 is 10.5 Å².